The summed E-state index contributed by atoms with van der Waals surface area (Å²) in [7, 11) is 0. The SMILES string of the molecule is CC1CCC(CNC(=O)c2cccc(OC(C)C)c2)CN1. The van der Waals surface area contributed by atoms with Gasteiger partial charge in [-0.3, -0.25) is 4.79 Å². The van der Waals surface area contributed by atoms with Crippen LogP contribution in [0.2, 0.25) is 0 Å². The van der Waals surface area contributed by atoms with E-state index < -0.39 is 0 Å². The monoisotopic (exact) mass is 290 g/mol. The van der Waals surface area contributed by atoms with Crippen LogP contribution in [0.3, 0.4) is 0 Å². The van der Waals surface area contributed by atoms with Crippen LogP contribution >= 0.6 is 0 Å². The van der Waals surface area contributed by atoms with Crippen molar-refractivity contribution in [3.05, 3.63) is 29.8 Å². The molecule has 2 rings (SSSR count). The molecule has 1 aromatic carbocycles. The van der Waals surface area contributed by atoms with Crippen molar-refractivity contribution in [3.63, 3.8) is 0 Å². The number of nitrogens with one attached hydrogen (secondary N) is 2. The van der Waals surface area contributed by atoms with Crippen molar-refractivity contribution >= 4 is 5.91 Å². The summed E-state index contributed by atoms with van der Waals surface area (Å²) in [5.41, 5.74) is 0.658. The molecule has 2 unspecified atom stereocenters. The van der Waals surface area contributed by atoms with Crippen LogP contribution in [0.5, 0.6) is 5.75 Å². The first-order valence-electron chi connectivity index (χ1n) is 7.83. The predicted molar refractivity (Wildman–Crippen MR) is 84.7 cm³/mol. The first-order chi connectivity index (χ1) is 10.0. The van der Waals surface area contributed by atoms with Crippen molar-refractivity contribution in [1.82, 2.24) is 10.6 Å². The summed E-state index contributed by atoms with van der Waals surface area (Å²) < 4.78 is 5.62. The Kier molecular flexibility index (Phi) is 5.62. The zero-order valence-electron chi connectivity index (χ0n) is 13.2. The van der Waals surface area contributed by atoms with Crippen molar-refractivity contribution in [2.75, 3.05) is 13.1 Å². The molecule has 1 saturated heterocycles. The molecule has 1 aromatic rings. The summed E-state index contributed by atoms with van der Waals surface area (Å²) in [4.78, 5) is 12.2. The van der Waals surface area contributed by atoms with E-state index >= 15 is 0 Å². The molecule has 0 bridgehead atoms. The Morgan fingerprint density at radius 1 is 1.43 bits per heavy atom. The molecule has 0 spiro atoms. The average molecular weight is 290 g/mol. The fourth-order valence-corrected chi connectivity index (χ4v) is 2.55. The zero-order valence-corrected chi connectivity index (χ0v) is 13.2. The van der Waals surface area contributed by atoms with E-state index in [4.69, 9.17) is 4.74 Å². The van der Waals surface area contributed by atoms with E-state index in [1.165, 1.54) is 12.8 Å². The highest BCUT2D eigenvalue weighted by molar-refractivity contribution is 5.94. The average Bonchev–Trinajstić information content (AvgIpc) is 2.46. The smallest absolute Gasteiger partial charge is 0.251 e. The highest BCUT2D eigenvalue weighted by Crippen LogP contribution is 2.16. The lowest BCUT2D eigenvalue weighted by molar-refractivity contribution is 0.0943. The molecule has 1 aliphatic rings. The van der Waals surface area contributed by atoms with Crippen LogP contribution in [0.15, 0.2) is 24.3 Å². The molecule has 1 amide bonds. The normalized spacial score (nSPS) is 22.1. The van der Waals surface area contributed by atoms with Gasteiger partial charge in [-0.1, -0.05) is 6.07 Å². The minimum atomic E-state index is -0.0252. The molecule has 1 fully saturated rings. The molecule has 0 aromatic heterocycles. The third-order valence-corrected chi connectivity index (χ3v) is 3.78. The Hall–Kier alpha value is -1.55. The summed E-state index contributed by atoms with van der Waals surface area (Å²) in [6, 6.07) is 7.96. The van der Waals surface area contributed by atoms with E-state index in [0.29, 0.717) is 17.5 Å². The molecule has 1 heterocycles. The minimum Gasteiger partial charge on any atom is -0.491 e. The van der Waals surface area contributed by atoms with Gasteiger partial charge < -0.3 is 15.4 Å². The molecular weight excluding hydrogens is 264 g/mol. The van der Waals surface area contributed by atoms with Gasteiger partial charge in [0, 0.05) is 18.2 Å². The van der Waals surface area contributed by atoms with Crippen molar-refractivity contribution in [1.29, 1.82) is 0 Å². The molecule has 0 radical (unpaired) electrons. The number of carbonyl (C=O) groups is 1. The molecule has 116 valence electrons. The summed E-state index contributed by atoms with van der Waals surface area (Å²) in [5, 5.41) is 6.48. The van der Waals surface area contributed by atoms with Crippen molar-refractivity contribution in [2.45, 2.75) is 45.8 Å². The van der Waals surface area contributed by atoms with Crippen molar-refractivity contribution in [3.8, 4) is 5.75 Å². The van der Waals surface area contributed by atoms with Gasteiger partial charge in [0.2, 0.25) is 0 Å². The summed E-state index contributed by atoms with van der Waals surface area (Å²) in [5.74, 6) is 1.24. The Labute approximate surface area is 127 Å². The molecular formula is C17H26N2O2. The maximum Gasteiger partial charge on any atom is 0.251 e. The highest BCUT2D eigenvalue weighted by Gasteiger charge is 2.18. The Morgan fingerprint density at radius 2 is 2.24 bits per heavy atom. The highest BCUT2D eigenvalue weighted by atomic mass is 16.5. The number of carbonyl (C=O) groups excluding carboxylic acids is 1. The second kappa shape index (κ2) is 7.46. The largest absolute Gasteiger partial charge is 0.491 e. The summed E-state index contributed by atoms with van der Waals surface area (Å²) in [6.45, 7) is 7.87. The molecule has 1 aliphatic heterocycles. The Morgan fingerprint density at radius 3 is 2.90 bits per heavy atom. The van der Waals surface area contributed by atoms with Gasteiger partial charge in [0.05, 0.1) is 6.10 Å². The Balaban J connectivity index is 1.85. The van der Waals surface area contributed by atoms with Gasteiger partial charge in [0.1, 0.15) is 5.75 Å². The van der Waals surface area contributed by atoms with Gasteiger partial charge >= 0.3 is 0 Å². The third-order valence-electron chi connectivity index (χ3n) is 3.78. The van der Waals surface area contributed by atoms with E-state index in [1.54, 1.807) is 6.07 Å². The minimum absolute atomic E-state index is 0.0252. The first kappa shape index (κ1) is 15.8. The number of ether oxygens (including phenoxy) is 1. The van der Waals surface area contributed by atoms with Gasteiger partial charge in [-0.2, -0.15) is 0 Å². The number of benzene rings is 1. The number of hydrogen-bond acceptors (Lipinski definition) is 3. The first-order valence-corrected chi connectivity index (χ1v) is 7.83. The molecule has 4 heteroatoms. The molecule has 21 heavy (non-hydrogen) atoms. The lowest BCUT2D eigenvalue weighted by Gasteiger charge is -2.27. The second-order valence-corrected chi connectivity index (χ2v) is 6.16. The quantitative estimate of drug-likeness (QED) is 0.876. The van der Waals surface area contributed by atoms with Crippen LogP contribution in [0, 0.1) is 5.92 Å². The molecule has 2 atom stereocenters. The maximum atomic E-state index is 12.2. The van der Waals surface area contributed by atoms with Gasteiger partial charge in [-0.05, 0) is 64.3 Å². The lowest BCUT2D eigenvalue weighted by Crippen LogP contribution is -2.41. The second-order valence-electron chi connectivity index (χ2n) is 6.16. The molecule has 4 nitrogen and oxygen atoms in total. The van der Waals surface area contributed by atoms with Crippen LogP contribution in [-0.2, 0) is 0 Å². The number of amides is 1. The topological polar surface area (TPSA) is 50.4 Å². The number of rotatable bonds is 5. The number of piperidine rings is 1. The Bertz CT molecular complexity index is 466. The van der Waals surface area contributed by atoms with Crippen LogP contribution in [-0.4, -0.2) is 31.1 Å². The van der Waals surface area contributed by atoms with Crippen molar-refractivity contribution in [2.24, 2.45) is 5.92 Å². The lowest BCUT2D eigenvalue weighted by atomic mass is 9.95. The molecule has 0 saturated carbocycles. The fraction of sp³-hybridized carbons (Fsp3) is 0.588. The molecule has 0 aliphatic carbocycles. The molecule has 2 N–H and O–H groups in total. The van der Waals surface area contributed by atoms with Crippen LogP contribution in [0.4, 0.5) is 0 Å². The standard InChI is InChI=1S/C17H26N2O2/c1-12(2)21-16-6-4-5-15(9-16)17(20)19-11-14-8-7-13(3)18-10-14/h4-6,9,12-14,18H,7-8,10-11H2,1-3H3,(H,19,20). The van der Waals surface area contributed by atoms with E-state index in [9.17, 15) is 4.79 Å². The van der Waals surface area contributed by atoms with E-state index in [0.717, 1.165) is 18.8 Å². The summed E-state index contributed by atoms with van der Waals surface area (Å²) >= 11 is 0. The predicted octanol–water partition coefficient (Wildman–Crippen LogP) is 2.59. The van der Waals surface area contributed by atoms with Crippen LogP contribution < -0.4 is 15.4 Å². The summed E-state index contributed by atoms with van der Waals surface area (Å²) in [6.07, 6.45) is 2.46. The van der Waals surface area contributed by atoms with E-state index in [-0.39, 0.29) is 12.0 Å². The van der Waals surface area contributed by atoms with E-state index in [1.807, 2.05) is 32.0 Å². The van der Waals surface area contributed by atoms with Gasteiger partial charge in [-0.25, -0.2) is 0 Å². The van der Waals surface area contributed by atoms with Crippen molar-refractivity contribution < 1.29 is 9.53 Å². The van der Waals surface area contributed by atoms with Gasteiger partial charge in [0.15, 0.2) is 0 Å². The maximum absolute atomic E-state index is 12.2. The zero-order chi connectivity index (χ0) is 15.2. The van der Waals surface area contributed by atoms with Gasteiger partial charge in [0.25, 0.3) is 5.91 Å². The van der Waals surface area contributed by atoms with E-state index in [2.05, 4.69) is 17.6 Å². The van der Waals surface area contributed by atoms with Crippen LogP contribution in [0.1, 0.15) is 44.0 Å². The fourth-order valence-electron chi connectivity index (χ4n) is 2.55. The third kappa shape index (κ3) is 5.05. The van der Waals surface area contributed by atoms with Crippen LogP contribution in [0.25, 0.3) is 0 Å². The number of hydrogen-bond donors (Lipinski definition) is 2. The van der Waals surface area contributed by atoms with Gasteiger partial charge in [-0.15, -0.1) is 0 Å².